The van der Waals surface area contributed by atoms with Gasteiger partial charge < -0.3 is 9.84 Å². The fourth-order valence-electron chi connectivity index (χ4n) is 10.9. The molecule has 1 unspecified atom stereocenters. The summed E-state index contributed by atoms with van der Waals surface area (Å²) in [6.45, 7) is 12.1. The van der Waals surface area contributed by atoms with Crippen molar-refractivity contribution in [1.29, 1.82) is 0 Å². The highest BCUT2D eigenvalue weighted by molar-refractivity contribution is 7.86. The van der Waals surface area contributed by atoms with Crippen LogP contribution in [0.4, 0.5) is 10.5 Å². The molecule has 8 atom stereocenters. The normalized spacial score (nSPS) is 31.8. The van der Waals surface area contributed by atoms with Gasteiger partial charge in [-0.1, -0.05) is 65.5 Å². The monoisotopic (exact) mass is 731 g/mol. The number of hydrogen-bond donors (Lipinski definition) is 4. The van der Waals surface area contributed by atoms with Crippen LogP contribution in [0.5, 0.6) is 5.75 Å². The molecular weight excluding hydrogens is 679 g/mol. The van der Waals surface area contributed by atoms with E-state index in [1.165, 1.54) is 50.5 Å². The summed E-state index contributed by atoms with van der Waals surface area (Å²) in [7, 11) is -9.54. The van der Waals surface area contributed by atoms with Crippen molar-refractivity contribution in [2.45, 2.75) is 121 Å². The average Bonchev–Trinajstić information content (AvgIpc) is 3.37. The second-order valence-electron chi connectivity index (χ2n) is 16.6. The Labute approximate surface area is 296 Å². The van der Waals surface area contributed by atoms with Crippen molar-refractivity contribution in [3.63, 3.8) is 0 Å². The Morgan fingerprint density at radius 3 is 2.26 bits per heavy atom. The van der Waals surface area contributed by atoms with E-state index in [1.54, 1.807) is 0 Å². The van der Waals surface area contributed by atoms with E-state index in [0.29, 0.717) is 30.1 Å². The second kappa shape index (κ2) is 13.4. The Balaban J connectivity index is 1.16. The number of nitrogens with one attached hydrogen (secondary N) is 1. The number of carbonyl (C=O) groups excluding carboxylic acids is 1. The lowest BCUT2D eigenvalue weighted by Gasteiger charge is -2.58. The minimum absolute atomic E-state index is 0.0537. The maximum absolute atomic E-state index is 13.3. The number of ether oxygens (including phenoxy) is 1. The van der Waals surface area contributed by atoms with Gasteiger partial charge in [-0.05, 0) is 115 Å². The van der Waals surface area contributed by atoms with Crippen molar-refractivity contribution in [3.8, 4) is 5.75 Å². The lowest BCUT2D eigenvalue weighted by Crippen LogP contribution is -2.51. The molecular formula is C38H53NO9S2. The third kappa shape index (κ3) is 6.94. The fraction of sp³-hybridized carbons (Fsp3) is 0.658. The second-order valence-corrected chi connectivity index (χ2v) is 19.5. The molecule has 0 radical (unpaired) electrons. The predicted octanol–water partition coefficient (Wildman–Crippen LogP) is 9.00. The van der Waals surface area contributed by atoms with Crippen LogP contribution >= 0.6 is 0 Å². The van der Waals surface area contributed by atoms with Crippen LogP contribution in [0.2, 0.25) is 0 Å². The first-order valence-electron chi connectivity index (χ1n) is 18.2. The van der Waals surface area contributed by atoms with Crippen LogP contribution < -0.4 is 5.32 Å². The minimum Gasteiger partial charge on any atom is -0.507 e. The van der Waals surface area contributed by atoms with Gasteiger partial charge in [-0.15, -0.1) is 0 Å². The number of benzene rings is 2. The highest BCUT2D eigenvalue weighted by Crippen LogP contribution is 2.67. The highest BCUT2D eigenvalue weighted by atomic mass is 32.2. The summed E-state index contributed by atoms with van der Waals surface area (Å²) in [4.78, 5) is 11.9. The summed E-state index contributed by atoms with van der Waals surface area (Å²) in [5, 5.41) is 12.9. The smallest absolute Gasteiger partial charge is 0.411 e. The van der Waals surface area contributed by atoms with Crippen molar-refractivity contribution >= 4 is 42.8 Å². The molecule has 0 aromatic heterocycles. The molecule has 4 aliphatic rings. The van der Waals surface area contributed by atoms with Gasteiger partial charge in [-0.3, -0.25) is 14.4 Å². The van der Waals surface area contributed by atoms with Crippen LogP contribution in [0.3, 0.4) is 0 Å². The summed E-state index contributed by atoms with van der Waals surface area (Å²) in [6, 6.07) is 3.63. The minimum atomic E-state index is -4.79. The standard InChI is InChI=1S/C38H53NO9S2/c1-22(2)7-6-8-23(3)30-11-12-31-29-10-9-25-19-26(13-15-37(25,4)32(29)14-16-38(30,31)5)48-36(41)39-33-20-27(49(42,43)44)17-24-18-28(50(45,46)47)21-34(40)35(24)33/h9,17-18,20-23,26,29-32,40H,6-8,10-16,19H2,1-5H3,(H,39,41)(H,42,43,44)(H,45,46,47)/t23-,26+,29?,30-,31+,32+,37+,38-/m1/s1. The van der Waals surface area contributed by atoms with E-state index in [2.05, 4.69) is 46.0 Å². The van der Waals surface area contributed by atoms with Crippen molar-refractivity contribution in [2.75, 3.05) is 5.32 Å². The molecule has 0 aliphatic heterocycles. The van der Waals surface area contributed by atoms with Crippen LogP contribution in [0.1, 0.15) is 105 Å². The Kier molecular flexibility index (Phi) is 9.93. The van der Waals surface area contributed by atoms with E-state index >= 15 is 0 Å². The van der Waals surface area contributed by atoms with Crippen molar-refractivity contribution in [3.05, 3.63) is 35.9 Å². The SMILES string of the molecule is CC(C)CCC[C@@H](C)[C@H]1CC[C@H]2C3CC=C4C[C@@H](OC(=O)Nc5cc(S(=O)(=O)O)cc6cc(S(=O)(=O)O)cc(O)c56)CC[C@]4(C)[C@H]3CC[C@]12C. The van der Waals surface area contributed by atoms with Crippen molar-refractivity contribution in [2.24, 2.45) is 46.3 Å². The summed E-state index contributed by atoms with van der Waals surface area (Å²) in [5.74, 6) is 3.71. The topological polar surface area (TPSA) is 167 Å². The third-order valence-electron chi connectivity index (χ3n) is 13.3. The van der Waals surface area contributed by atoms with Crippen LogP contribution in [-0.2, 0) is 25.0 Å². The van der Waals surface area contributed by atoms with Gasteiger partial charge in [0, 0.05) is 17.9 Å². The largest absolute Gasteiger partial charge is 0.507 e. The number of amides is 1. The van der Waals surface area contributed by atoms with Crippen molar-refractivity contribution < 1.29 is 40.6 Å². The van der Waals surface area contributed by atoms with Crippen LogP contribution in [0.15, 0.2) is 45.7 Å². The first-order valence-corrected chi connectivity index (χ1v) is 21.1. The Bertz CT molecular complexity index is 1900. The number of phenols is 1. The molecule has 12 heteroatoms. The summed E-state index contributed by atoms with van der Waals surface area (Å²) in [5.41, 5.74) is 1.60. The first-order chi connectivity index (χ1) is 23.3. The lowest BCUT2D eigenvalue weighted by molar-refractivity contribution is -0.0577. The van der Waals surface area contributed by atoms with E-state index in [4.69, 9.17) is 4.74 Å². The van der Waals surface area contributed by atoms with E-state index in [0.717, 1.165) is 60.8 Å². The van der Waals surface area contributed by atoms with Crippen LogP contribution in [0.25, 0.3) is 10.8 Å². The van der Waals surface area contributed by atoms with Gasteiger partial charge in [0.15, 0.2) is 0 Å². The molecule has 3 saturated carbocycles. The maximum Gasteiger partial charge on any atom is 0.411 e. The number of allylic oxidation sites excluding steroid dienone is 1. The number of anilines is 1. The van der Waals surface area contributed by atoms with Gasteiger partial charge in [0.2, 0.25) is 0 Å². The number of aromatic hydroxyl groups is 1. The molecule has 276 valence electrons. The first kappa shape index (κ1) is 37.1. The predicted molar refractivity (Wildman–Crippen MR) is 192 cm³/mol. The van der Waals surface area contributed by atoms with Gasteiger partial charge in [0.1, 0.15) is 11.9 Å². The molecule has 1 amide bonds. The third-order valence-corrected chi connectivity index (χ3v) is 15.0. The molecule has 4 N–H and O–H groups in total. The Hall–Kier alpha value is -2.67. The van der Waals surface area contributed by atoms with Gasteiger partial charge in [0.25, 0.3) is 20.2 Å². The average molecular weight is 732 g/mol. The number of rotatable bonds is 9. The molecule has 4 aliphatic carbocycles. The van der Waals surface area contributed by atoms with E-state index < -0.39 is 48.0 Å². The number of phenolic OH excluding ortho intramolecular Hbond substituents is 1. The van der Waals surface area contributed by atoms with E-state index in [1.807, 2.05) is 0 Å². The summed E-state index contributed by atoms with van der Waals surface area (Å²) >= 11 is 0. The fourth-order valence-corrected chi connectivity index (χ4v) is 12.0. The number of fused-ring (bicyclic) bond motifs is 6. The van der Waals surface area contributed by atoms with Gasteiger partial charge in [0.05, 0.1) is 15.5 Å². The molecule has 50 heavy (non-hydrogen) atoms. The van der Waals surface area contributed by atoms with Gasteiger partial charge in [-0.25, -0.2) is 4.79 Å². The quantitative estimate of drug-likeness (QED) is 0.145. The number of carbonyl (C=O) groups is 1. The Morgan fingerprint density at radius 1 is 0.920 bits per heavy atom. The van der Waals surface area contributed by atoms with Gasteiger partial charge in [-0.2, -0.15) is 16.8 Å². The molecule has 0 saturated heterocycles. The Morgan fingerprint density at radius 2 is 1.60 bits per heavy atom. The molecule has 2 aromatic rings. The van der Waals surface area contributed by atoms with E-state index in [-0.39, 0.29) is 21.9 Å². The van der Waals surface area contributed by atoms with Gasteiger partial charge >= 0.3 is 6.09 Å². The molecule has 3 fully saturated rings. The lowest BCUT2D eigenvalue weighted by atomic mass is 9.47. The molecule has 2 aromatic carbocycles. The van der Waals surface area contributed by atoms with Crippen molar-refractivity contribution in [1.82, 2.24) is 0 Å². The maximum atomic E-state index is 13.3. The molecule has 0 spiro atoms. The highest BCUT2D eigenvalue weighted by Gasteiger charge is 2.59. The van der Waals surface area contributed by atoms with E-state index in [9.17, 15) is 35.8 Å². The zero-order valence-electron chi connectivity index (χ0n) is 29.8. The zero-order valence-corrected chi connectivity index (χ0v) is 31.4. The van der Waals surface area contributed by atoms with Crippen LogP contribution in [0, 0.1) is 46.3 Å². The molecule has 0 heterocycles. The van der Waals surface area contributed by atoms with Crippen LogP contribution in [-0.4, -0.2) is 43.2 Å². The number of hydrogen-bond acceptors (Lipinski definition) is 7. The summed E-state index contributed by atoms with van der Waals surface area (Å²) < 4.78 is 72.6. The molecule has 0 bridgehead atoms. The summed E-state index contributed by atoms with van der Waals surface area (Å²) in [6.07, 6.45) is 13.5. The molecule has 6 rings (SSSR count). The molecule has 10 nitrogen and oxygen atoms in total. The zero-order chi connectivity index (χ0) is 36.4.